The number of esters is 1. The van der Waals surface area contributed by atoms with E-state index in [4.69, 9.17) is 22.2 Å². The molecule has 9 heteroatoms. The number of rotatable bonds is 6. The van der Waals surface area contributed by atoms with E-state index in [1.807, 2.05) is 0 Å². The number of aromatic nitrogens is 2. The molecule has 1 aromatic heterocycles. The number of Topliss-reactive ketones (excluding diaryl/α,β-unsaturated/α-hetero) is 1. The summed E-state index contributed by atoms with van der Waals surface area (Å²) >= 11 is 5.28. The highest BCUT2D eigenvalue weighted by Gasteiger charge is 2.22. The quantitative estimate of drug-likeness (QED) is 0.124. The molecule has 2 N–H and O–H groups in total. The van der Waals surface area contributed by atoms with Crippen LogP contribution in [0.3, 0.4) is 0 Å². The number of benzene rings is 2. The number of ether oxygens (including phenoxy) is 1. The number of fused-ring (bicyclic) bond motifs is 1. The molecule has 3 rings (SSSR count). The van der Waals surface area contributed by atoms with E-state index in [1.165, 1.54) is 22.9 Å². The van der Waals surface area contributed by atoms with Crippen LogP contribution in [-0.2, 0) is 9.53 Å². The normalized spacial score (nSPS) is 11.5. The molecule has 0 aliphatic heterocycles. The van der Waals surface area contributed by atoms with Gasteiger partial charge in [0, 0.05) is 11.8 Å². The van der Waals surface area contributed by atoms with E-state index in [2.05, 4.69) is 4.98 Å². The average Bonchev–Trinajstić information content (AvgIpc) is 3.00. The first-order chi connectivity index (χ1) is 13.4. The summed E-state index contributed by atoms with van der Waals surface area (Å²) in [6.07, 6.45) is 1.27. The molecule has 0 aliphatic carbocycles. The Kier molecular flexibility index (Phi) is 5.69. The highest BCUT2D eigenvalue weighted by molar-refractivity contribution is 7.71. The van der Waals surface area contributed by atoms with Crippen molar-refractivity contribution in [2.45, 2.75) is 6.92 Å². The SMILES string of the molecule is CCOC(=O)/C(=C\n1c(=S)[nH]c2ccc(N([O-])O)cc21)C(=O)c1ccccc1. The number of carbonyl (C=O) groups is 2. The summed E-state index contributed by atoms with van der Waals surface area (Å²) < 4.78 is 6.60. The number of imidazole rings is 1. The smallest absolute Gasteiger partial charge is 0.343 e. The van der Waals surface area contributed by atoms with Crippen molar-refractivity contribution in [3.05, 3.63) is 69.6 Å². The standard InChI is InChI=1S/C19H16N3O5S/c1-2-27-18(24)14(17(23)12-6-4-3-5-7-12)11-21-16-10-13(22(25)26)8-9-15(16)20-19(21)28/h3-11,25H,2H2,1H3,(H,20,28)/q-1/b14-11-. The van der Waals surface area contributed by atoms with Crippen LogP contribution in [0.4, 0.5) is 5.69 Å². The zero-order valence-electron chi connectivity index (χ0n) is 14.8. The highest BCUT2D eigenvalue weighted by Crippen LogP contribution is 2.23. The molecule has 144 valence electrons. The van der Waals surface area contributed by atoms with E-state index >= 15 is 0 Å². The molecule has 0 fully saturated rings. The molecule has 28 heavy (non-hydrogen) atoms. The number of carbonyl (C=O) groups excluding carboxylic acids is 2. The Morgan fingerprint density at radius 3 is 2.64 bits per heavy atom. The van der Waals surface area contributed by atoms with E-state index < -0.39 is 11.8 Å². The molecule has 0 aliphatic rings. The van der Waals surface area contributed by atoms with Crippen LogP contribution in [0.25, 0.3) is 17.2 Å². The number of aromatic amines is 1. The van der Waals surface area contributed by atoms with Gasteiger partial charge in [-0.05, 0) is 37.3 Å². The highest BCUT2D eigenvalue weighted by atomic mass is 32.1. The van der Waals surface area contributed by atoms with Gasteiger partial charge in [-0.1, -0.05) is 30.3 Å². The van der Waals surface area contributed by atoms with Gasteiger partial charge in [0.05, 0.1) is 23.3 Å². The molecular formula is C19H16N3O5S-. The molecule has 8 nitrogen and oxygen atoms in total. The van der Waals surface area contributed by atoms with Crippen molar-refractivity contribution in [3.63, 3.8) is 0 Å². The molecule has 3 aromatic rings. The van der Waals surface area contributed by atoms with Crippen LogP contribution in [0, 0.1) is 9.98 Å². The number of anilines is 1. The average molecular weight is 398 g/mol. The minimum absolute atomic E-state index is 0.0317. The van der Waals surface area contributed by atoms with Crippen LogP contribution in [0.1, 0.15) is 17.3 Å². The third kappa shape index (κ3) is 3.86. The van der Waals surface area contributed by atoms with E-state index in [9.17, 15) is 14.8 Å². The molecule has 0 atom stereocenters. The Hall–Kier alpha value is -3.27. The summed E-state index contributed by atoms with van der Waals surface area (Å²) in [5, 5.41) is 20.1. The third-order valence-corrected chi connectivity index (χ3v) is 4.26. The largest absolute Gasteiger partial charge is 0.733 e. The van der Waals surface area contributed by atoms with Gasteiger partial charge in [0.25, 0.3) is 0 Å². The molecule has 0 spiro atoms. The van der Waals surface area contributed by atoms with Crippen molar-refractivity contribution in [1.82, 2.24) is 9.55 Å². The van der Waals surface area contributed by atoms with Crippen LogP contribution in [0.5, 0.6) is 0 Å². The van der Waals surface area contributed by atoms with E-state index in [-0.39, 0.29) is 27.9 Å². The predicted molar refractivity (Wildman–Crippen MR) is 106 cm³/mol. The second kappa shape index (κ2) is 8.17. The monoisotopic (exact) mass is 398 g/mol. The Bertz CT molecular complexity index is 1120. The maximum absolute atomic E-state index is 12.9. The number of nitrogens with one attached hydrogen (secondary N) is 1. The van der Waals surface area contributed by atoms with Crippen LogP contribution < -0.4 is 5.23 Å². The third-order valence-electron chi connectivity index (χ3n) is 3.96. The fourth-order valence-corrected chi connectivity index (χ4v) is 2.91. The van der Waals surface area contributed by atoms with Gasteiger partial charge in [-0.15, -0.1) is 0 Å². The van der Waals surface area contributed by atoms with Crippen molar-refractivity contribution in [3.8, 4) is 0 Å². The lowest BCUT2D eigenvalue weighted by Crippen LogP contribution is -2.17. The van der Waals surface area contributed by atoms with Gasteiger partial charge < -0.3 is 20.2 Å². The first-order valence-corrected chi connectivity index (χ1v) is 8.72. The minimum Gasteiger partial charge on any atom is -0.733 e. The van der Waals surface area contributed by atoms with E-state index in [1.54, 1.807) is 43.3 Å². The number of hydrogen-bond acceptors (Lipinski definition) is 7. The molecule has 0 bridgehead atoms. The molecule has 1 heterocycles. The summed E-state index contributed by atoms with van der Waals surface area (Å²) in [4.78, 5) is 28.2. The van der Waals surface area contributed by atoms with Gasteiger partial charge >= 0.3 is 5.97 Å². The first kappa shape index (κ1) is 19.5. The van der Waals surface area contributed by atoms with Gasteiger partial charge in [-0.2, -0.15) is 0 Å². The second-order valence-corrected chi connectivity index (χ2v) is 6.12. The maximum Gasteiger partial charge on any atom is 0.343 e. The van der Waals surface area contributed by atoms with Crippen LogP contribution in [0.15, 0.2) is 54.1 Å². The lowest BCUT2D eigenvalue weighted by Gasteiger charge is -2.21. The van der Waals surface area contributed by atoms with Crippen LogP contribution >= 0.6 is 12.2 Å². The summed E-state index contributed by atoms with van der Waals surface area (Å²) in [6.45, 7) is 1.73. The Labute approximate surface area is 164 Å². The number of hydrogen-bond donors (Lipinski definition) is 2. The van der Waals surface area contributed by atoms with E-state index in [0.29, 0.717) is 16.6 Å². The molecule has 0 saturated carbocycles. The van der Waals surface area contributed by atoms with Crippen molar-refractivity contribution in [1.29, 1.82) is 0 Å². The Morgan fingerprint density at radius 2 is 2.00 bits per heavy atom. The molecule has 0 unspecified atom stereocenters. The summed E-state index contributed by atoms with van der Waals surface area (Å²) in [6, 6.07) is 12.6. The predicted octanol–water partition coefficient (Wildman–Crippen LogP) is 3.68. The van der Waals surface area contributed by atoms with Gasteiger partial charge in [0.2, 0.25) is 5.78 Å². The van der Waals surface area contributed by atoms with E-state index in [0.717, 1.165) is 0 Å². The fraction of sp³-hybridized carbons (Fsp3) is 0.105. The molecule has 0 amide bonds. The zero-order valence-corrected chi connectivity index (χ0v) is 15.6. The van der Waals surface area contributed by atoms with Crippen molar-refractivity contribution in [2.75, 3.05) is 11.8 Å². The van der Waals surface area contributed by atoms with Crippen molar-refractivity contribution >= 4 is 46.9 Å². The molecular weight excluding hydrogens is 382 g/mol. The Morgan fingerprint density at radius 1 is 1.29 bits per heavy atom. The first-order valence-electron chi connectivity index (χ1n) is 8.31. The summed E-state index contributed by atoms with van der Waals surface area (Å²) in [5.74, 6) is -1.32. The van der Waals surface area contributed by atoms with Crippen molar-refractivity contribution < 1.29 is 19.5 Å². The van der Waals surface area contributed by atoms with Crippen molar-refractivity contribution in [2.24, 2.45) is 0 Å². The topological polar surface area (TPSA) is 111 Å². The number of nitrogens with zero attached hydrogens (tertiary/aromatic N) is 2. The van der Waals surface area contributed by atoms with Gasteiger partial charge in [0.15, 0.2) is 4.77 Å². The summed E-state index contributed by atoms with van der Waals surface area (Å²) in [7, 11) is 0. The number of H-pyrrole nitrogens is 1. The molecule has 0 radical (unpaired) electrons. The molecule has 2 aromatic carbocycles. The maximum atomic E-state index is 12.9. The fourth-order valence-electron chi connectivity index (χ4n) is 2.64. The summed E-state index contributed by atoms with van der Waals surface area (Å²) in [5.41, 5.74) is 1.02. The Balaban J connectivity index is 2.18. The van der Waals surface area contributed by atoms with Gasteiger partial charge in [0.1, 0.15) is 5.57 Å². The van der Waals surface area contributed by atoms with Gasteiger partial charge in [-0.3, -0.25) is 14.6 Å². The lowest BCUT2D eigenvalue weighted by atomic mass is 10.0. The van der Waals surface area contributed by atoms with Crippen LogP contribution in [-0.4, -0.2) is 33.1 Å². The second-order valence-electron chi connectivity index (χ2n) is 5.73. The van der Waals surface area contributed by atoms with Gasteiger partial charge in [-0.25, -0.2) is 4.79 Å². The minimum atomic E-state index is -0.795. The molecule has 0 saturated heterocycles. The lowest BCUT2D eigenvalue weighted by molar-refractivity contribution is -0.137. The zero-order chi connectivity index (χ0) is 20.3. The van der Waals surface area contributed by atoms with Crippen LogP contribution in [0.2, 0.25) is 0 Å². The number of ketones is 1.